The highest BCUT2D eigenvalue weighted by Gasteiger charge is 2.19. The van der Waals surface area contributed by atoms with Crippen molar-refractivity contribution >= 4 is 22.4 Å². The Morgan fingerprint density at radius 1 is 1.32 bits per heavy atom. The Hall–Kier alpha value is -1.94. The highest BCUT2D eigenvalue weighted by Crippen LogP contribution is 2.29. The molecule has 1 aliphatic carbocycles. The highest BCUT2D eigenvalue weighted by molar-refractivity contribution is 7.14. The van der Waals surface area contributed by atoms with E-state index in [1.807, 2.05) is 5.38 Å². The number of anilines is 1. The van der Waals surface area contributed by atoms with Crippen LogP contribution in [0.15, 0.2) is 35.7 Å². The van der Waals surface area contributed by atoms with Crippen molar-refractivity contribution in [3.8, 4) is 11.3 Å². The Morgan fingerprint density at radius 2 is 2.18 bits per heavy atom. The van der Waals surface area contributed by atoms with E-state index in [1.165, 1.54) is 22.5 Å². The number of nitrogens with one attached hydrogen (secondary N) is 1. The monoisotopic (exact) mass is 312 g/mol. The van der Waals surface area contributed by atoms with Crippen LogP contribution in [0.4, 0.5) is 5.13 Å². The van der Waals surface area contributed by atoms with E-state index >= 15 is 0 Å². The first-order valence-electron chi connectivity index (χ1n) is 7.62. The quantitative estimate of drug-likeness (QED) is 0.833. The summed E-state index contributed by atoms with van der Waals surface area (Å²) in [5.74, 6) is 0.171. The first-order chi connectivity index (χ1) is 10.6. The molecule has 1 N–H and O–H groups in total. The van der Waals surface area contributed by atoms with Gasteiger partial charge in [-0.25, -0.2) is 4.98 Å². The van der Waals surface area contributed by atoms with E-state index in [-0.39, 0.29) is 11.8 Å². The van der Waals surface area contributed by atoms with Gasteiger partial charge in [-0.2, -0.15) is 0 Å². The molecule has 0 unspecified atom stereocenters. The van der Waals surface area contributed by atoms with Crippen molar-refractivity contribution < 1.29 is 4.79 Å². The van der Waals surface area contributed by atoms with Crippen molar-refractivity contribution in [3.63, 3.8) is 0 Å². The van der Waals surface area contributed by atoms with Gasteiger partial charge in [0.2, 0.25) is 5.91 Å². The van der Waals surface area contributed by atoms with Gasteiger partial charge in [0.15, 0.2) is 5.13 Å². The van der Waals surface area contributed by atoms with E-state index in [1.54, 1.807) is 0 Å². The van der Waals surface area contributed by atoms with Crippen molar-refractivity contribution in [2.24, 2.45) is 5.92 Å². The maximum absolute atomic E-state index is 12.3. The third-order valence-corrected chi connectivity index (χ3v) is 4.80. The van der Waals surface area contributed by atoms with Crippen molar-refractivity contribution in [2.75, 3.05) is 5.32 Å². The maximum atomic E-state index is 12.3. The molecule has 114 valence electrons. The predicted octanol–water partition coefficient (Wildman–Crippen LogP) is 4.72. The number of benzene rings is 1. The molecule has 22 heavy (non-hydrogen) atoms. The Labute approximate surface area is 135 Å². The van der Waals surface area contributed by atoms with Crippen LogP contribution in [0, 0.1) is 19.8 Å². The summed E-state index contributed by atoms with van der Waals surface area (Å²) < 4.78 is 0. The molecule has 0 saturated heterocycles. The highest BCUT2D eigenvalue weighted by atomic mass is 32.1. The predicted molar refractivity (Wildman–Crippen MR) is 92.1 cm³/mol. The number of rotatable bonds is 3. The molecular formula is C18H20N2OS. The summed E-state index contributed by atoms with van der Waals surface area (Å²) in [7, 11) is 0. The molecule has 1 amide bonds. The smallest absolute Gasteiger partial charge is 0.229 e. The van der Waals surface area contributed by atoms with E-state index < -0.39 is 0 Å². The average molecular weight is 312 g/mol. The fraction of sp³-hybridized carbons (Fsp3) is 0.333. The number of amides is 1. The zero-order valence-corrected chi connectivity index (χ0v) is 13.7. The third kappa shape index (κ3) is 3.28. The molecule has 1 aromatic heterocycles. The SMILES string of the molecule is Cc1ccc(C)c(-c2csc(NC(=O)[C@@H]3CC=CCC3)n2)c1. The lowest BCUT2D eigenvalue weighted by Crippen LogP contribution is -2.23. The van der Waals surface area contributed by atoms with Crippen LogP contribution in [0.25, 0.3) is 11.3 Å². The number of allylic oxidation sites excluding steroid dienone is 2. The number of hydrogen-bond acceptors (Lipinski definition) is 3. The van der Waals surface area contributed by atoms with Gasteiger partial charge in [0.1, 0.15) is 0 Å². The third-order valence-electron chi connectivity index (χ3n) is 4.04. The standard InChI is InChI=1S/C18H20N2OS/c1-12-8-9-13(2)15(10-12)16-11-22-18(19-16)20-17(21)14-6-4-3-5-7-14/h3-4,8-11,14H,5-7H2,1-2H3,(H,19,20,21)/t14-/m1/s1. The molecule has 3 rings (SSSR count). The Kier molecular flexibility index (Phi) is 4.39. The normalized spacial score (nSPS) is 17.5. The molecule has 1 atom stereocenters. The van der Waals surface area contributed by atoms with E-state index in [2.05, 4.69) is 54.5 Å². The summed E-state index contributed by atoms with van der Waals surface area (Å²) in [6.07, 6.45) is 6.99. The van der Waals surface area contributed by atoms with Crippen LogP contribution >= 0.6 is 11.3 Å². The van der Waals surface area contributed by atoms with Crippen molar-refractivity contribution in [2.45, 2.75) is 33.1 Å². The molecule has 0 aliphatic heterocycles. The summed E-state index contributed by atoms with van der Waals surface area (Å²) in [4.78, 5) is 16.8. The molecule has 1 aliphatic rings. The molecule has 2 aromatic rings. The largest absolute Gasteiger partial charge is 0.302 e. The molecule has 0 spiro atoms. The number of aromatic nitrogens is 1. The number of carbonyl (C=O) groups is 1. The van der Waals surface area contributed by atoms with Gasteiger partial charge in [0, 0.05) is 16.9 Å². The summed E-state index contributed by atoms with van der Waals surface area (Å²) in [5, 5.41) is 5.67. The molecule has 1 heterocycles. The maximum Gasteiger partial charge on any atom is 0.229 e. The molecule has 0 bridgehead atoms. The van der Waals surface area contributed by atoms with Gasteiger partial charge in [0.05, 0.1) is 5.69 Å². The topological polar surface area (TPSA) is 42.0 Å². The summed E-state index contributed by atoms with van der Waals surface area (Å²) >= 11 is 1.49. The number of aryl methyl sites for hydroxylation is 2. The summed E-state index contributed by atoms with van der Waals surface area (Å²) in [6, 6.07) is 6.35. The minimum Gasteiger partial charge on any atom is -0.302 e. The minimum atomic E-state index is 0.0815. The number of hydrogen-bond donors (Lipinski definition) is 1. The van der Waals surface area contributed by atoms with E-state index in [0.717, 1.165) is 30.5 Å². The second-order valence-electron chi connectivity index (χ2n) is 5.83. The second kappa shape index (κ2) is 6.44. The van der Waals surface area contributed by atoms with Gasteiger partial charge >= 0.3 is 0 Å². The van der Waals surface area contributed by atoms with Gasteiger partial charge < -0.3 is 5.32 Å². The first kappa shape index (κ1) is 15.0. The van der Waals surface area contributed by atoms with Gasteiger partial charge in [0.25, 0.3) is 0 Å². The van der Waals surface area contributed by atoms with Crippen LogP contribution in [0.5, 0.6) is 0 Å². The lowest BCUT2D eigenvalue weighted by Gasteiger charge is -2.15. The van der Waals surface area contributed by atoms with Crippen LogP contribution in [-0.4, -0.2) is 10.9 Å². The van der Waals surface area contributed by atoms with Crippen LogP contribution in [-0.2, 0) is 4.79 Å². The van der Waals surface area contributed by atoms with E-state index in [0.29, 0.717) is 5.13 Å². The Balaban J connectivity index is 1.75. The first-order valence-corrected chi connectivity index (χ1v) is 8.50. The number of carbonyl (C=O) groups excluding carboxylic acids is 1. The molecule has 0 saturated carbocycles. The van der Waals surface area contributed by atoms with Crippen LogP contribution in [0.3, 0.4) is 0 Å². The van der Waals surface area contributed by atoms with Crippen LogP contribution in [0.1, 0.15) is 30.4 Å². The second-order valence-corrected chi connectivity index (χ2v) is 6.69. The van der Waals surface area contributed by atoms with E-state index in [9.17, 15) is 4.79 Å². The zero-order valence-electron chi connectivity index (χ0n) is 12.9. The lowest BCUT2D eigenvalue weighted by atomic mass is 9.94. The van der Waals surface area contributed by atoms with Crippen molar-refractivity contribution in [1.29, 1.82) is 0 Å². The van der Waals surface area contributed by atoms with E-state index in [4.69, 9.17) is 0 Å². The number of nitrogens with zero attached hydrogens (tertiary/aromatic N) is 1. The zero-order chi connectivity index (χ0) is 15.5. The Morgan fingerprint density at radius 3 is 2.95 bits per heavy atom. The lowest BCUT2D eigenvalue weighted by molar-refractivity contribution is -0.120. The fourth-order valence-electron chi connectivity index (χ4n) is 2.71. The van der Waals surface area contributed by atoms with Gasteiger partial charge in [-0.15, -0.1) is 11.3 Å². The molecule has 3 nitrogen and oxygen atoms in total. The van der Waals surface area contributed by atoms with Gasteiger partial charge in [-0.05, 0) is 44.7 Å². The summed E-state index contributed by atoms with van der Waals surface area (Å²) in [6.45, 7) is 4.16. The fourth-order valence-corrected chi connectivity index (χ4v) is 3.42. The number of thiazole rings is 1. The van der Waals surface area contributed by atoms with Crippen molar-refractivity contribution in [3.05, 3.63) is 46.9 Å². The molecule has 0 fully saturated rings. The molecule has 4 heteroatoms. The molecular weight excluding hydrogens is 292 g/mol. The van der Waals surface area contributed by atoms with Crippen LogP contribution in [0.2, 0.25) is 0 Å². The summed E-state index contributed by atoms with van der Waals surface area (Å²) in [5.41, 5.74) is 4.49. The molecule has 0 radical (unpaired) electrons. The van der Waals surface area contributed by atoms with Crippen LogP contribution < -0.4 is 5.32 Å². The average Bonchev–Trinajstić information content (AvgIpc) is 2.99. The minimum absolute atomic E-state index is 0.0815. The van der Waals surface area contributed by atoms with Gasteiger partial charge in [-0.1, -0.05) is 29.8 Å². The molecule has 1 aromatic carbocycles. The Bertz CT molecular complexity index is 718. The van der Waals surface area contributed by atoms with Crippen molar-refractivity contribution in [1.82, 2.24) is 4.98 Å². The van der Waals surface area contributed by atoms with Gasteiger partial charge in [-0.3, -0.25) is 4.79 Å².